The fraction of sp³-hybridized carbons (Fsp3) is 0.700. The summed E-state index contributed by atoms with van der Waals surface area (Å²) in [7, 11) is 0. The Labute approximate surface area is 148 Å². The van der Waals surface area contributed by atoms with Gasteiger partial charge in [-0.2, -0.15) is 0 Å². The van der Waals surface area contributed by atoms with Crippen LogP contribution >= 0.6 is 0 Å². The lowest BCUT2D eigenvalue weighted by Gasteiger charge is -2.38. The summed E-state index contributed by atoms with van der Waals surface area (Å²) in [6.45, 7) is 23.6. The van der Waals surface area contributed by atoms with Gasteiger partial charge in [-0.05, 0) is 41.5 Å². The lowest BCUT2D eigenvalue weighted by molar-refractivity contribution is -0.149. The zero-order valence-electron chi connectivity index (χ0n) is 16.4. The van der Waals surface area contributed by atoms with Crippen LogP contribution in [0.1, 0.15) is 41.5 Å². The molecular formula is C20H36O4. The molecule has 4 heteroatoms. The van der Waals surface area contributed by atoms with Crippen molar-refractivity contribution in [1.29, 1.82) is 0 Å². The Balaban J connectivity index is 5.22. The van der Waals surface area contributed by atoms with Gasteiger partial charge in [-0.3, -0.25) is 0 Å². The van der Waals surface area contributed by atoms with Crippen molar-refractivity contribution in [3.63, 3.8) is 0 Å². The first-order chi connectivity index (χ1) is 10.9. The Morgan fingerprint density at radius 1 is 0.667 bits per heavy atom. The molecule has 0 unspecified atom stereocenters. The topological polar surface area (TPSA) is 47.9 Å². The minimum Gasteiger partial charge on any atom is -0.396 e. The Morgan fingerprint density at radius 2 is 0.917 bits per heavy atom. The molecule has 0 heterocycles. The molecule has 0 atom stereocenters. The highest BCUT2D eigenvalue weighted by molar-refractivity contribution is 4.95. The smallest absolute Gasteiger partial charge is 0.0804 e. The van der Waals surface area contributed by atoms with Crippen molar-refractivity contribution in [3.8, 4) is 0 Å². The van der Waals surface area contributed by atoms with E-state index < -0.39 is 22.2 Å². The highest BCUT2D eigenvalue weighted by atomic mass is 16.5. The maximum absolute atomic E-state index is 10.1. The number of aliphatic hydroxyl groups excluding tert-OH is 1. The zero-order valence-corrected chi connectivity index (χ0v) is 16.4. The third kappa shape index (κ3) is 8.25. The van der Waals surface area contributed by atoms with Gasteiger partial charge >= 0.3 is 0 Å². The maximum Gasteiger partial charge on any atom is 0.0804 e. The van der Waals surface area contributed by atoms with Crippen molar-refractivity contribution in [3.05, 3.63) is 38.0 Å². The minimum atomic E-state index is -0.694. The Morgan fingerprint density at radius 3 is 1.08 bits per heavy atom. The van der Waals surface area contributed by atoms with Gasteiger partial charge in [-0.1, -0.05) is 18.2 Å². The SMILES string of the molecule is C=CC(C)(C)OCC(CO)(COC(C)(C)C=C)COC(C)(C)C=C. The zero-order chi connectivity index (χ0) is 19.1. The number of hydrogen-bond acceptors (Lipinski definition) is 4. The molecule has 0 saturated carbocycles. The van der Waals surface area contributed by atoms with Crippen LogP contribution in [0.2, 0.25) is 0 Å². The summed E-state index contributed by atoms with van der Waals surface area (Å²) in [6.07, 6.45) is 5.20. The molecule has 0 aliphatic heterocycles. The van der Waals surface area contributed by atoms with Crippen LogP contribution < -0.4 is 0 Å². The van der Waals surface area contributed by atoms with Crippen molar-refractivity contribution in [1.82, 2.24) is 0 Å². The van der Waals surface area contributed by atoms with Crippen LogP contribution in [0.15, 0.2) is 38.0 Å². The van der Waals surface area contributed by atoms with Gasteiger partial charge in [0.2, 0.25) is 0 Å². The molecule has 0 spiro atoms. The lowest BCUT2D eigenvalue weighted by atomic mass is 9.91. The van der Waals surface area contributed by atoms with E-state index in [0.29, 0.717) is 0 Å². The van der Waals surface area contributed by atoms with E-state index in [4.69, 9.17) is 14.2 Å². The molecule has 1 N–H and O–H groups in total. The minimum absolute atomic E-state index is 0.124. The summed E-state index contributed by atoms with van der Waals surface area (Å²) in [5, 5.41) is 10.1. The fourth-order valence-corrected chi connectivity index (χ4v) is 1.46. The highest BCUT2D eigenvalue weighted by Crippen LogP contribution is 2.27. The van der Waals surface area contributed by atoms with Crippen molar-refractivity contribution in [2.24, 2.45) is 5.41 Å². The number of hydrogen-bond donors (Lipinski definition) is 1. The first-order valence-electron chi connectivity index (χ1n) is 8.30. The van der Waals surface area contributed by atoms with Gasteiger partial charge in [-0.25, -0.2) is 0 Å². The van der Waals surface area contributed by atoms with Gasteiger partial charge in [0, 0.05) is 0 Å². The van der Waals surface area contributed by atoms with Crippen LogP contribution in [0, 0.1) is 5.41 Å². The summed E-state index contributed by atoms with van der Waals surface area (Å²) in [4.78, 5) is 0. The molecule has 0 aromatic heterocycles. The lowest BCUT2D eigenvalue weighted by Crippen LogP contribution is -2.46. The van der Waals surface area contributed by atoms with E-state index in [-0.39, 0.29) is 26.4 Å². The number of rotatable bonds is 13. The van der Waals surface area contributed by atoms with Crippen LogP contribution in [-0.2, 0) is 14.2 Å². The van der Waals surface area contributed by atoms with Crippen LogP contribution in [0.5, 0.6) is 0 Å². The van der Waals surface area contributed by atoms with Crippen molar-refractivity contribution >= 4 is 0 Å². The van der Waals surface area contributed by atoms with Gasteiger partial charge in [0.15, 0.2) is 0 Å². The number of ether oxygens (including phenoxy) is 3. The highest BCUT2D eigenvalue weighted by Gasteiger charge is 2.36. The summed E-state index contributed by atoms with van der Waals surface area (Å²) >= 11 is 0. The first kappa shape index (κ1) is 23.1. The summed E-state index contributed by atoms with van der Waals surface area (Å²) in [5.41, 5.74) is -2.19. The molecule has 0 bridgehead atoms. The largest absolute Gasteiger partial charge is 0.396 e. The van der Waals surface area contributed by atoms with E-state index in [1.165, 1.54) is 0 Å². The molecule has 24 heavy (non-hydrogen) atoms. The van der Waals surface area contributed by atoms with Gasteiger partial charge in [0.05, 0.1) is 48.6 Å². The summed E-state index contributed by atoms with van der Waals surface area (Å²) in [6, 6.07) is 0. The molecule has 0 aliphatic rings. The molecule has 4 nitrogen and oxygen atoms in total. The standard InChI is InChI=1S/C20H36O4/c1-10-17(4,5)22-14-20(13-21,15-23-18(6,7)11-2)16-24-19(8,9)12-3/h10-12,21H,1-3,13-16H2,4-9H3. The quantitative estimate of drug-likeness (QED) is 0.516. The summed E-state index contributed by atoms with van der Waals surface area (Å²) < 4.78 is 17.8. The predicted molar refractivity (Wildman–Crippen MR) is 100 cm³/mol. The average molecular weight is 341 g/mol. The molecule has 0 aliphatic carbocycles. The molecule has 0 aromatic rings. The van der Waals surface area contributed by atoms with E-state index in [0.717, 1.165) is 0 Å². The predicted octanol–water partition coefficient (Wildman–Crippen LogP) is 3.91. The number of aliphatic hydroxyl groups is 1. The molecule has 0 aromatic carbocycles. The molecule has 0 saturated heterocycles. The van der Waals surface area contributed by atoms with E-state index in [1.54, 1.807) is 18.2 Å². The monoisotopic (exact) mass is 340 g/mol. The van der Waals surface area contributed by atoms with Crippen LogP contribution in [-0.4, -0.2) is 48.3 Å². The normalized spacial score (nSPS) is 13.6. The van der Waals surface area contributed by atoms with Gasteiger partial charge in [0.25, 0.3) is 0 Å². The third-order valence-electron chi connectivity index (χ3n) is 4.06. The Kier molecular flexibility index (Phi) is 8.60. The van der Waals surface area contributed by atoms with Crippen LogP contribution in [0.4, 0.5) is 0 Å². The van der Waals surface area contributed by atoms with E-state index in [9.17, 15) is 5.11 Å². The molecule has 140 valence electrons. The molecule has 0 amide bonds. The van der Waals surface area contributed by atoms with E-state index in [1.807, 2.05) is 41.5 Å². The average Bonchev–Trinajstić information content (AvgIpc) is 2.55. The van der Waals surface area contributed by atoms with Gasteiger partial charge < -0.3 is 19.3 Å². The molecule has 0 fully saturated rings. The second-order valence-corrected chi connectivity index (χ2v) is 7.95. The van der Waals surface area contributed by atoms with Crippen molar-refractivity contribution in [2.75, 3.05) is 26.4 Å². The fourth-order valence-electron chi connectivity index (χ4n) is 1.46. The van der Waals surface area contributed by atoms with E-state index in [2.05, 4.69) is 19.7 Å². The molecule has 0 radical (unpaired) electrons. The van der Waals surface area contributed by atoms with Gasteiger partial charge in [-0.15, -0.1) is 19.7 Å². The van der Waals surface area contributed by atoms with Crippen molar-refractivity contribution < 1.29 is 19.3 Å². The maximum atomic E-state index is 10.1. The third-order valence-corrected chi connectivity index (χ3v) is 4.06. The van der Waals surface area contributed by atoms with Crippen molar-refractivity contribution in [2.45, 2.75) is 58.3 Å². The molecule has 0 rings (SSSR count). The summed E-state index contributed by atoms with van der Waals surface area (Å²) in [5.74, 6) is 0. The second-order valence-electron chi connectivity index (χ2n) is 7.95. The van der Waals surface area contributed by atoms with Crippen LogP contribution in [0.25, 0.3) is 0 Å². The van der Waals surface area contributed by atoms with E-state index >= 15 is 0 Å². The first-order valence-corrected chi connectivity index (χ1v) is 8.30. The van der Waals surface area contributed by atoms with Gasteiger partial charge in [0.1, 0.15) is 0 Å². The second kappa shape index (κ2) is 8.95. The molecular weight excluding hydrogens is 304 g/mol. The Bertz CT molecular complexity index is 362. The van der Waals surface area contributed by atoms with Crippen LogP contribution in [0.3, 0.4) is 0 Å². The Hall–Kier alpha value is -0.940.